The molecule has 0 spiro atoms. The number of hydrogen-bond donors (Lipinski definition) is 1. The zero-order valence-corrected chi connectivity index (χ0v) is 9.30. The van der Waals surface area contributed by atoms with Gasteiger partial charge in [0.2, 0.25) is 6.79 Å². The van der Waals surface area contributed by atoms with Crippen LogP contribution in [0.1, 0.15) is 23.1 Å². The van der Waals surface area contributed by atoms with Gasteiger partial charge in [0.25, 0.3) is 0 Å². The van der Waals surface area contributed by atoms with Gasteiger partial charge in [-0.1, -0.05) is 0 Å². The first-order valence-corrected chi connectivity index (χ1v) is 5.32. The van der Waals surface area contributed by atoms with Crippen molar-refractivity contribution in [2.75, 3.05) is 13.3 Å². The van der Waals surface area contributed by atoms with Crippen molar-refractivity contribution >= 4 is 0 Å². The van der Waals surface area contributed by atoms with E-state index in [1.807, 2.05) is 0 Å². The molecule has 0 aromatic heterocycles. The van der Waals surface area contributed by atoms with Gasteiger partial charge < -0.3 is 15.2 Å². The Labute approximate surface area is 90.2 Å². The molecule has 1 aromatic rings. The quantitative estimate of drug-likeness (QED) is 0.823. The standard InChI is InChI=1S/C12H17NO2/c1-8-9(2)12-11(14-7-15-12)6-10(8)4-3-5-13/h6H,3-5,7,13H2,1-2H3. The number of fused-ring (bicyclic) bond motifs is 1. The molecule has 0 saturated heterocycles. The zero-order chi connectivity index (χ0) is 10.8. The first-order valence-electron chi connectivity index (χ1n) is 5.32. The van der Waals surface area contributed by atoms with Crippen LogP contribution in [0.25, 0.3) is 0 Å². The van der Waals surface area contributed by atoms with E-state index in [2.05, 4.69) is 19.9 Å². The molecule has 3 heteroatoms. The van der Waals surface area contributed by atoms with Gasteiger partial charge in [0.15, 0.2) is 11.5 Å². The maximum absolute atomic E-state index is 5.52. The van der Waals surface area contributed by atoms with Gasteiger partial charge in [-0.15, -0.1) is 0 Å². The van der Waals surface area contributed by atoms with Crippen molar-refractivity contribution in [3.05, 3.63) is 22.8 Å². The minimum atomic E-state index is 0.343. The van der Waals surface area contributed by atoms with Crippen LogP contribution in [0.2, 0.25) is 0 Å². The highest BCUT2D eigenvalue weighted by Crippen LogP contribution is 2.38. The molecule has 82 valence electrons. The number of nitrogens with two attached hydrogens (primary N) is 1. The third-order valence-corrected chi connectivity index (χ3v) is 2.98. The van der Waals surface area contributed by atoms with Gasteiger partial charge in [-0.05, 0) is 56.0 Å². The molecule has 0 unspecified atom stereocenters. The summed E-state index contributed by atoms with van der Waals surface area (Å²) in [6.45, 7) is 5.28. The van der Waals surface area contributed by atoms with Gasteiger partial charge in [-0.25, -0.2) is 0 Å². The topological polar surface area (TPSA) is 44.5 Å². The first kappa shape index (κ1) is 10.3. The second-order valence-corrected chi connectivity index (χ2v) is 3.91. The minimum Gasteiger partial charge on any atom is -0.454 e. The van der Waals surface area contributed by atoms with Gasteiger partial charge in [0, 0.05) is 0 Å². The summed E-state index contributed by atoms with van der Waals surface area (Å²) in [7, 11) is 0. The molecular formula is C12H17NO2. The lowest BCUT2D eigenvalue weighted by Crippen LogP contribution is -2.02. The molecule has 1 heterocycles. The predicted octanol–water partition coefficient (Wildman–Crippen LogP) is 1.92. The van der Waals surface area contributed by atoms with Gasteiger partial charge >= 0.3 is 0 Å². The SMILES string of the molecule is Cc1c(CCCN)cc2c(c1C)OCO2. The zero-order valence-electron chi connectivity index (χ0n) is 9.30. The number of hydrogen-bond acceptors (Lipinski definition) is 3. The Hall–Kier alpha value is -1.22. The van der Waals surface area contributed by atoms with Gasteiger partial charge in [-0.3, -0.25) is 0 Å². The molecular weight excluding hydrogens is 190 g/mol. The van der Waals surface area contributed by atoms with E-state index in [0.29, 0.717) is 6.79 Å². The molecule has 2 N–H and O–H groups in total. The van der Waals surface area contributed by atoms with E-state index in [1.54, 1.807) is 0 Å². The van der Waals surface area contributed by atoms with Crippen molar-refractivity contribution in [3.63, 3.8) is 0 Å². The lowest BCUT2D eigenvalue weighted by Gasteiger charge is -2.10. The largest absolute Gasteiger partial charge is 0.454 e. The minimum absolute atomic E-state index is 0.343. The molecule has 0 bridgehead atoms. The Bertz CT molecular complexity index is 374. The van der Waals surface area contributed by atoms with Crippen molar-refractivity contribution in [3.8, 4) is 11.5 Å². The fourth-order valence-corrected chi connectivity index (χ4v) is 1.92. The maximum atomic E-state index is 5.52. The summed E-state index contributed by atoms with van der Waals surface area (Å²) in [5, 5.41) is 0. The maximum Gasteiger partial charge on any atom is 0.231 e. The van der Waals surface area contributed by atoms with E-state index >= 15 is 0 Å². The van der Waals surface area contributed by atoms with Crippen LogP contribution in [0.5, 0.6) is 11.5 Å². The van der Waals surface area contributed by atoms with Crippen molar-refractivity contribution < 1.29 is 9.47 Å². The van der Waals surface area contributed by atoms with E-state index < -0.39 is 0 Å². The number of aryl methyl sites for hydroxylation is 1. The van der Waals surface area contributed by atoms with Crippen LogP contribution >= 0.6 is 0 Å². The van der Waals surface area contributed by atoms with E-state index in [-0.39, 0.29) is 0 Å². The molecule has 0 amide bonds. The molecule has 0 radical (unpaired) electrons. The normalized spacial score (nSPS) is 13.3. The van der Waals surface area contributed by atoms with Crippen LogP contribution in [0.15, 0.2) is 6.07 Å². The third-order valence-electron chi connectivity index (χ3n) is 2.98. The average Bonchev–Trinajstić information content (AvgIpc) is 2.69. The van der Waals surface area contributed by atoms with Gasteiger partial charge in [-0.2, -0.15) is 0 Å². The second-order valence-electron chi connectivity index (χ2n) is 3.91. The molecule has 0 atom stereocenters. The van der Waals surface area contributed by atoms with E-state index in [9.17, 15) is 0 Å². The summed E-state index contributed by atoms with van der Waals surface area (Å²) in [6.07, 6.45) is 2.03. The van der Waals surface area contributed by atoms with Crippen LogP contribution in [-0.4, -0.2) is 13.3 Å². The molecule has 0 fully saturated rings. The Morgan fingerprint density at radius 1 is 1.27 bits per heavy atom. The van der Waals surface area contributed by atoms with Crippen molar-refractivity contribution in [1.82, 2.24) is 0 Å². The second kappa shape index (κ2) is 4.11. The third kappa shape index (κ3) is 1.79. The van der Waals surface area contributed by atoms with Gasteiger partial charge in [0.1, 0.15) is 0 Å². The molecule has 0 aliphatic carbocycles. The van der Waals surface area contributed by atoms with Crippen molar-refractivity contribution in [2.24, 2.45) is 5.73 Å². The summed E-state index contributed by atoms with van der Waals surface area (Å²) in [5.74, 6) is 1.79. The van der Waals surface area contributed by atoms with Crippen molar-refractivity contribution in [1.29, 1.82) is 0 Å². The highest BCUT2D eigenvalue weighted by Gasteiger charge is 2.19. The molecule has 3 nitrogen and oxygen atoms in total. The molecule has 0 saturated carbocycles. The molecule has 1 aliphatic rings. The van der Waals surface area contributed by atoms with Crippen LogP contribution < -0.4 is 15.2 Å². The summed E-state index contributed by atoms with van der Waals surface area (Å²) in [6, 6.07) is 2.08. The number of ether oxygens (including phenoxy) is 2. The summed E-state index contributed by atoms with van der Waals surface area (Å²) in [4.78, 5) is 0. The molecule has 15 heavy (non-hydrogen) atoms. The first-order chi connectivity index (χ1) is 7.24. The fourth-order valence-electron chi connectivity index (χ4n) is 1.92. The van der Waals surface area contributed by atoms with Crippen LogP contribution in [0.4, 0.5) is 0 Å². The van der Waals surface area contributed by atoms with E-state index in [0.717, 1.165) is 30.9 Å². The monoisotopic (exact) mass is 207 g/mol. The summed E-state index contributed by atoms with van der Waals surface area (Å²) in [5.41, 5.74) is 9.33. The smallest absolute Gasteiger partial charge is 0.231 e. The van der Waals surface area contributed by atoms with Gasteiger partial charge in [0.05, 0.1) is 0 Å². The molecule has 1 aromatic carbocycles. The average molecular weight is 207 g/mol. The number of benzene rings is 1. The Morgan fingerprint density at radius 3 is 2.80 bits per heavy atom. The molecule has 2 rings (SSSR count). The Balaban J connectivity index is 2.36. The number of rotatable bonds is 3. The highest BCUT2D eigenvalue weighted by atomic mass is 16.7. The van der Waals surface area contributed by atoms with Crippen LogP contribution in [0.3, 0.4) is 0 Å². The Morgan fingerprint density at radius 2 is 2.07 bits per heavy atom. The Kier molecular flexibility index (Phi) is 2.82. The van der Waals surface area contributed by atoms with Crippen LogP contribution in [0, 0.1) is 13.8 Å². The lowest BCUT2D eigenvalue weighted by molar-refractivity contribution is 0.173. The summed E-state index contributed by atoms with van der Waals surface area (Å²) < 4.78 is 10.8. The fraction of sp³-hybridized carbons (Fsp3) is 0.500. The lowest BCUT2D eigenvalue weighted by atomic mass is 9.98. The van der Waals surface area contributed by atoms with E-state index in [1.165, 1.54) is 16.7 Å². The predicted molar refractivity (Wildman–Crippen MR) is 59.4 cm³/mol. The van der Waals surface area contributed by atoms with Crippen LogP contribution in [-0.2, 0) is 6.42 Å². The summed E-state index contributed by atoms with van der Waals surface area (Å²) >= 11 is 0. The van der Waals surface area contributed by atoms with Crippen molar-refractivity contribution in [2.45, 2.75) is 26.7 Å². The molecule has 1 aliphatic heterocycles. The van der Waals surface area contributed by atoms with E-state index in [4.69, 9.17) is 15.2 Å². The highest BCUT2D eigenvalue weighted by molar-refractivity contribution is 5.54.